The summed E-state index contributed by atoms with van der Waals surface area (Å²) in [4.78, 5) is 25.0. The van der Waals surface area contributed by atoms with Gasteiger partial charge >= 0.3 is 5.97 Å². The quantitative estimate of drug-likeness (QED) is 0.637. The third kappa shape index (κ3) is 2.48. The lowest BCUT2D eigenvalue weighted by atomic mass is 9.90. The van der Waals surface area contributed by atoms with Crippen molar-refractivity contribution in [1.29, 1.82) is 0 Å². The van der Waals surface area contributed by atoms with Gasteiger partial charge in [0.05, 0.1) is 16.3 Å². The van der Waals surface area contributed by atoms with Crippen molar-refractivity contribution in [3.05, 3.63) is 9.93 Å². The zero-order valence-electron chi connectivity index (χ0n) is 11.6. The highest BCUT2D eigenvalue weighted by Crippen LogP contribution is 2.55. The number of hydrogen-bond acceptors (Lipinski definition) is 6. The molecule has 3 rings (SSSR count). The van der Waals surface area contributed by atoms with Gasteiger partial charge in [-0.05, 0) is 19.4 Å². The molecule has 3 aliphatic rings. The largest absolute Gasteiger partial charge is 0.477 e. The number of carboxylic acid groups (broad SMARTS) is 1. The first kappa shape index (κ1) is 15.2. The number of aliphatic hydroxyl groups excluding tert-OH is 1. The number of carbonyl (C=O) groups is 2. The molecule has 4 atom stereocenters. The van der Waals surface area contributed by atoms with Gasteiger partial charge in [0.2, 0.25) is 5.91 Å². The molecule has 3 aliphatic heterocycles. The monoisotopic (exact) mass is 330 g/mol. The molecule has 3 heterocycles. The number of aliphatic carboxylic acids is 1. The molecule has 0 unspecified atom stereocenters. The van der Waals surface area contributed by atoms with Gasteiger partial charge in [0, 0.05) is 11.8 Å². The number of β-lactam (4-membered cyclic amide) rings is 1. The molecule has 3 N–H and O–H groups in total. The molecule has 0 radical (unpaired) electrons. The fraction of sp³-hybridized carbons (Fsp3) is 0.692. The van der Waals surface area contributed by atoms with Gasteiger partial charge in [0.1, 0.15) is 5.37 Å². The van der Waals surface area contributed by atoms with Gasteiger partial charge in [-0.25, -0.2) is 4.79 Å². The van der Waals surface area contributed by atoms with E-state index in [4.69, 9.17) is 0 Å². The van der Waals surface area contributed by atoms with E-state index in [1.807, 2.05) is 6.92 Å². The van der Waals surface area contributed by atoms with Crippen LogP contribution >= 0.6 is 23.5 Å². The van der Waals surface area contributed by atoms with Crippen molar-refractivity contribution in [2.45, 2.75) is 36.5 Å². The number of nitrogens with zero attached hydrogens (tertiary/aromatic N) is 1. The Kier molecular flexibility index (Phi) is 4.22. The van der Waals surface area contributed by atoms with E-state index in [1.54, 1.807) is 11.8 Å². The predicted octanol–water partition coefficient (Wildman–Crippen LogP) is 0.637. The second-order valence-corrected chi connectivity index (χ2v) is 8.09. The maximum Gasteiger partial charge on any atom is 0.354 e. The highest BCUT2D eigenvalue weighted by atomic mass is 32.2. The molecule has 0 aliphatic carbocycles. The van der Waals surface area contributed by atoms with Crippen molar-refractivity contribution >= 4 is 35.4 Å². The molecular weight excluding hydrogens is 312 g/mol. The van der Waals surface area contributed by atoms with E-state index in [0.717, 1.165) is 19.5 Å². The second-order valence-electron chi connectivity index (χ2n) is 5.39. The SMILES string of the molecule is CC[C@H](O)[C@@H]1C(=O)N2C(C(=O)O)=C(S[C@H]3CCNC3)S[C@H]12. The van der Waals surface area contributed by atoms with Gasteiger partial charge in [-0.15, -0.1) is 11.8 Å². The fourth-order valence-corrected chi connectivity index (χ4v) is 6.12. The van der Waals surface area contributed by atoms with Crippen LogP contribution in [0.3, 0.4) is 0 Å². The van der Waals surface area contributed by atoms with Crippen molar-refractivity contribution in [2.24, 2.45) is 5.92 Å². The Balaban J connectivity index is 1.80. The number of carboxylic acids is 1. The lowest BCUT2D eigenvalue weighted by Gasteiger charge is -2.44. The van der Waals surface area contributed by atoms with Crippen molar-refractivity contribution in [2.75, 3.05) is 13.1 Å². The molecule has 0 aromatic rings. The molecule has 8 heteroatoms. The summed E-state index contributed by atoms with van der Waals surface area (Å²) < 4.78 is 0.709. The summed E-state index contributed by atoms with van der Waals surface area (Å²) in [6, 6.07) is 0. The van der Waals surface area contributed by atoms with E-state index in [-0.39, 0.29) is 17.0 Å². The summed E-state index contributed by atoms with van der Waals surface area (Å²) in [5, 5.41) is 22.7. The van der Waals surface area contributed by atoms with E-state index in [1.165, 1.54) is 16.7 Å². The molecule has 0 aromatic carbocycles. The third-order valence-corrected chi connectivity index (χ3v) is 6.94. The molecule has 1 amide bonds. The van der Waals surface area contributed by atoms with E-state index in [9.17, 15) is 19.8 Å². The van der Waals surface area contributed by atoms with Crippen LogP contribution in [0.1, 0.15) is 19.8 Å². The zero-order chi connectivity index (χ0) is 15.1. The Labute approximate surface area is 131 Å². The smallest absolute Gasteiger partial charge is 0.354 e. The van der Waals surface area contributed by atoms with E-state index < -0.39 is 18.0 Å². The Morgan fingerprint density at radius 3 is 2.95 bits per heavy atom. The standard InChI is InChI=1S/C13H18N2O4S2/c1-2-7(16)8-10(17)15-9(12(18)19)13(21-11(8)15)20-6-3-4-14-5-6/h6-8,11,14,16H,2-5H2,1H3,(H,18,19)/t6-,7-,8+,11+/m0/s1. The Bertz CT molecular complexity index is 504. The predicted molar refractivity (Wildman–Crippen MR) is 81.5 cm³/mol. The molecular formula is C13H18N2O4S2. The zero-order valence-corrected chi connectivity index (χ0v) is 13.2. The van der Waals surface area contributed by atoms with Gasteiger partial charge < -0.3 is 15.5 Å². The number of rotatable bonds is 5. The molecule has 0 bridgehead atoms. The van der Waals surface area contributed by atoms with E-state index >= 15 is 0 Å². The molecule has 0 spiro atoms. The summed E-state index contributed by atoms with van der Waals surface area (Å²) in [6.45, 7) is 3.63. The van der Waals surface area contributed by atoms with Gasteiger partial charge in [-0.1, -0.05) is 18.7 Å². The Hall–Kier alpha value is -0.700. The first-order chi connectivity index (χ1) is 10.0. The lowest BCUT2D eigenvalue weighted by molar-refractivity contribution is -0.157. The average molecular weight is 330 g/mol. The van der Waals surface area contributed by atoms with Gasteiger partial charge in [0.25, 0.3) is 0 Å². The number of hydrogen-bond donors (Lipinski definition) is 3. The molecule has 2 fully saturated rings. The van der Waals surface area contributed by atoms with Crippen LogP contribution < -0.4 is 5.32 Å². The maximum absolute atomic E-state index is 12.2. The van der Waals surface area contributed by atoms with Gasteiger partial charge in [-0.2, -0.15) is 0 Å². The van der Waals surface area contributed by atoms with E-state index in [2.05, 4.69) is 5.32 Å². The van der Waals surface area contributed by atoms with Crippen LogP contribution in [0.25, 0.3) is 0 Å². The van der Waals surface area contributed by atoms with Crippen molar-refractivity contribution in [3.63, 3.8) is 0 Å². The van der Waals surface area contributed by atoms with Crippen molar-refractivity contribution in [1.82, 2.24) is 10.2 Å². The summed E-state index contributed by atoms with van der Waals surface area (Å²) in [5.74, 6) is -1.80. The van der Waals surface area contributed by atoms with Crippen molar-refractivity contribution in [3.8, 4) is 0 Å². The molecule has 0 aromatic heterocycles. The second kappa shape index (κ2) is 5.83. The lowest BCUT2D eigenvalue weighted by Crippen LogP contribution is -2.61. The van der Waals surface area contributed by atoms with E-state index in [0.29, 0.717) is 15.9 Å². The Morgan fingerprint density at radius 2 is 2.38 bits per heavy atom. The number of aliphatic hydroxyl groups is 1. The number of amides is 1. The third-order valence-electron chi connectivity index (χ3n) is 4.07. The normalized spacial score (nSPS) is 33.1. The van der Waals surface area contributed by atoms with Crippen LogP contribution in [0, 0.1) is 5.92 Å². The number of fused-ring (bicyclic) bond motifs is 1. The molecule has 116 valence electrons. The minimum atomic E-state index is -1.06. The summed E-state index contributed by atoms with van der Waals surface area (Å²) in [5.41, 5.74) is 0.103. The molecule has 2 saturated heterocycles. The van der Waals surface area contributed by atoms with Crippen LogP contribution in [-0.2, 0) is 9.59 Å². The van der Waals surface area contributed by atoms with Crippen LogP contribution in [-0.4, -0.2) is 56.8 Å². The van der Waals surface area contributed by atoms with Gasteiger partial charge in [-0.3, -0.25) is 9.69 Å². The summed E-state index contributed by atoms with van der Waals surface area (Å²) in [7, 11) is 0. The first-order valence-corrected chi connectivity index (χ1v) is 8.83. The molecule has 6 nitrogen and oxygen atoms in total. The number of nitrogens with one attached hydrogen (secondary N) is 1. The summed E-state index contributed by atoms with van der Waals surface area (Å²) in [6.07, 6.45) is 0.804. The Morgan fingerprint density at radius 1 is 1.62 bits per heavy atom. The average Bonchev–Trinajstić information content (AvgIpc) is 3.05. The topological polar surface area (TPSA) is 89.9 Å². The van der Waals surface area contributed by atoms with Crippen LogP contribution in [0.5, 0.6) is 0 Å². The van der Waals surface area contributed by atoms with Crippen molar-refractivity contribution < 1.29 is 19.8 Å². The fourth-order valence-electron chi connectivity index (χ4n) is 2.88. The molecule has 21 heavy (non-hydrogen) atoms. The molecule has 0 saturated carbocycles. The van der Waals surface area contributed by atoms with Gasteiger partial charge in [0.15, 0.2) is 5.70 Å². The number of thioether (sulfide) groups is 2. The minimum absolute atomic E-state index is 0.103. The summed E-state index contributed by atoms with van der Waals surface area (Å²) >= 11 is 2.96. The van der Waals surface area contributed by atoms with Crippen LogP contribution in [0.2, 0.25) is 0 Å². The highest BCUT2D eigenvalue weighted by Gasteiger charge is 2.58. The maximum atomic E-state index is 12.2. The first-order valence-electron chi connectivity index (χ1n) is 7.07. The van der Waals surface area contributed by atoms with Crippen LogP contribution in [0.15, 0.2) is 9.93 Å². The highest BCUT2D eigenvalue weighted by molar-refractivity contribution is 8.23. The minimum Gasteiger partial charge on any atom is -0.477 e. The number of carbonyl (C=O) groups excluding carboxylic acids is 1. The van der Waals surface area contributed by atoms with Crippen LogP contribution in [0.4, 0.5) is 0 Å².